The average molecular weight is 149 g/mol. The van der Waals surface area contributed by atoms with Gasteiger partial charge in [0.1, 0.15) is 5.82 Å². The van der Waals surface area contributed by atoms with E-state index < -0.39 is 0 Å². The standard InChI is InChI=1S/C9H13N2/c1-7(2)10-9-6-4-5-8(3)11-9/h4,6-7H,1-3H3,(H,10,11). The summed E-state index contributed by atoms with van der Waals surface area (Å²) in [6.07, 6.45) is 0. The molecule has 0 aliphatic rings. The molecular weight excluding hydrogens is 136 g/mol. The summed E-state index contributed by atoms with van der Waals surface area (Å²) in [5, 5.41) is 3.21. The van der Waals surface area contributed by atoms with E-state index in [1.807, 2.05) is 19.1 Å². The molecule has 1 aromatic rings. The van der Waals surface area contributed by atoms with Crippen LogP contribution in [-0.4, -0.2) is 11.0 Å². The molecule has 1 aromatic heterocycles. The van der Waals surface area contributed by atoms with Crippen molar-refractivity contribution in [3.8, 4) is 0 Å². The summed E-state index contributed by atoms with van der Waals surface area (Å²) in [7, 11) is 0. The molecule has 1 rings (SSSR count). The lowest BCUT2D eigenvalue weighted by Gasteiger charge is -2.08. The van der Waals surface area contributed by atoms with Gasteiger partial charge in [0.2, 0.25) is 0 Å². The van der Waals surface area contributed by atoms with Crippen molar-refractivity contribution in [3.05, 3.63) is 23.9 Å². The molecule has 59 valence electrons. The Morgan fingerprint density at radius 3 is 2.82 bits per heavy atom. The van der Waals surface area contributed by atoms with Crippen molar-refractivity contribution < 1.29 is 0 Å². The number of aryl methyl sites for hydroxylation is 1. The van der Waals surface area contributed by atoms with Gasteiger partial charge in [-0.15, -0.1) is 0 Å². The second-order valence-electron chi connectivity index (χ2n) is 2.86. The first-order valence-electron chi connectivity index (χ1n) is 3.80. The second kappa shape index (κ2) is 3.37. The highest BCUT2D eigenvalue weighted by Gasteiger charge is 1.95. The molecule has 0 saturated heterocycles. The minimum atomic E-state index is 0.435. The lowest BCUT2D eigenvalue weighted by atomic mass is 10.3. The van der Waals surface area contributed by atoms with Crippen LogP contribution in [-0.2, 0) is 0 Å². The molecule has 0 aliphatic carbocycles. The van der Waals surface area contributed by atoms with Crippen LogP contribution in [0.1, 0.15) is 19.5 Å². The van der Waals surface area contributed by atoms with Gasteiger partial charge >= 0.3 is 0 Å². The Morgan fingerprint density at radius 2 is 2.27 bits per heavy atom. The molecule has 0 fully saturated rings. The van der Waals surface area contributed by atoms with Crippen molar-refractivity contribution in [2.75, 3.05) is 5.32 Å². The molecule has 0 bridgehead atoms. The van der Waals surface area contributed by atoms with Crippen LogP contribution in [0, 0.1) is 13.0 Å². The number of hydrogen-bond donors (Lipinski definition) is 1. The normalized spacial score (nSPS) is 10.2. The van der Waals surface area contributed by atoms with E-state index in [9.17, 15) is 0 Å². The van der Waals surface area contributed by atoms with Gasteiger partial charge in [0.05, 0.1) is 0 Å². The van der Waals surface area contributed by atoms with Crippen molar-refractivity contribution in [2.45, 2.75) is 26.8 Å². The summed E-state index contributed by atoms with van der Waals surface area (Å²) in [5.74, 6) is 0.927. The SMILES string of the molecule is Cc1[c]ccc(NC(C)C)n1. The summed E-state index contributed by atoms with van der Waals surface area (Å²) < 4.78 is 0. The first-order valence-corrected chi connectivity index (χ1v) is 3.80. The van der Waals surface area contributed by atoms with Crippen LogP contribution in [0.3, 0.4) is 0 Å². The predicted octanol–water partition coefficient (Wildman–Crippen LogP) is 2.01. The molecule has 0 unspecified atom stereocenters. The minimum absolute atomic E-state index is 0.435. The summed E-state index contributed by atoms with van der Waals surface area (Å²) >= 11 is 0. The summed E-state index contributed by atoms with van der Waals surface area (Å²) in [6, 6.07) is 7.23. The Balaban J connectivity index is 2.71. The number of aromatic nitrogens is 1. The van der Waals surface area contributed by atoms with Crippen LogP contribution >= 0.6 is 0 Å². The first kappa shape index (κ1) is 8.05. The topological polar surface area (TPSA) is 24.9 Å². The van der Waals surface area contributed by atoms with Gasteiger partial charge in [0.25, 0.3) is 0 Å². The molecule has 0 saturated carbocycles. The highest BCUT2D eigenvalue weighted by molar-refractivity contribution is 5.35. The fourth-order valence-corrected chi connectivity index (χ4v) is 0.868. The number of pyridine rings is 1. The lowest BCUT2D eigenvalue weighted by molar-refractivity contribution is 0.886. The molecule has 1 N–H and O–H groups in total. The van der Waals surface area contributed by atoms with Crippen LogP contribution in [0.25, 0.3) is 0 Å². The Bertz CT molecular complexity index is 231. The van der Waals surface area contributed by atoms with Crippen LogP contribution in [0.4, 0.5) is 5.82 Å². The van der Waals surface area contributed by atoms with E-state index in [-0.39, 0.29) is 0 Å². The van der Waals surface area contributed by atoms with Gasteiger partial charge in [-0.2, -0.15) is 0 Å². The average Bonchev–Trinajstić information content (AvgIpc) is 1.85. The molecular formula is C9H13N2. The summed E-state index contributed by atoms with van der Waals surface area (Å²) in [4.78, 5) is 4.25. The second-order valence-corrected chi connectivity index (χ2v) is 2.86. The van der Waals surface area contributed by atoms with E-state index in [4.69, 9.17) is 0 Å². The monoisotopic (exact) mass is 149 g/mol. The lowest BCUT2D eigenvalue weighted by Crippen LogP contribution is -2.10. The first-order chi connectivity index (χ1) is 5.18. The third-order valence-electron chi connectivity index (χ3n) is 1.26. The van der Waals surface area contributed by atoms with E-state index in [1.165, 1.54) is 0 Å². The molecule has 0 atom stereocenters. The third-order valence-corrected chi connectivity index (χ3v) is 1.26. The Hall–Kier alpha value is -1.05. The molecule has 11 heavy (non-hydrogen) atoms. The molecule has 1 radical (unpaired) electrons. The van der Waals surface area contributed by atoms with Gasteiger partial charge in [-0.3, -0.25) is 0 Å². The van der Waals surface area contributed by atoms with Crippen LogP contribution in [0.15, 0.2) is 12.1 Å². The van der Waals surface area contributed by atoms with Gasteiger partial charge in [-0.1, -0.05) is 0 Å². The number of nitrogens with zero attached hydrogens (tertiary/aromatic N) is 1. The maximum absolute atomic E-state index is 4.25. The van der Waals surface area contributed by atoms with E-state index in [0.717, 1.165) is 11.5 Å². The van der Waals surface area contributed by atoms with Gasteiger partial charge in [0, 0.05) is 17.8 Å². The van der Waals surface area contributed by atoms with Gasteiger partial charge in [-0.25, -0.2) is 4.98 Å². The van der Waals surface area contributed by atoms with Crippen molar-refractivity contribution in [1.82, 2.24) is 4.98 Å². The predicted molar refractivity (Wildman–Crippen MR) is 46.6 cm³/mol. The largest absolute Gasteiger partial charge is 0.368 e. The maximum Gasteiger partial charge on any atom is 0.126 e. The molecule has 0 spiro atoms. The number of anilines is 1. The van der Waals surface area contributed by atoms with Crippen molar-refractivity contribution in [3.63, 3.8) is 0 Å². The van der Waals surface area contributed by atoms with Crippen molar-refractivity contribution >= 4 is 5.82 Å². The fourth-order valence-electron chi connectivity index (χ4n) is 0.868. The smallest absolute Gasteiger partial charge is 0.126 e. The minimum Gasteiger partial charge on any atom is -0.368 e. The van der Waals surface area contributed by atoms with Gasteiger partial charge in [-0.05, 0) is 32.9 Å². The van der Waals surface area contributed by atoms with E-state index in [1.54, 1.807) is 0 Å². The fraction of sp³-hybridized carbons (Fsp3) is 0.444. The van der Waals surface area contributed by atoms with Gasteiger partial charge < -0.3 is 5.32 Å². The molecule has 1 heterocycles. The van der Waals surface area contributed by atoms with Crippen LogP contribution in [0.2, 0.25) is 0 Å². The maximum atomic E-state index is 4.25. The molecule has 0 aromatic carbocycles. The van der Waals surface area contributed by atoms with Crippen molar-refractivity contribution in [1.29, 1.82) is 0 Å². The Morgan fingerprint density at radius 1 is 1.55 bits per heavy atom. The van der Waals surface area contributed by atoms with E-state index in [0.29, 0.717) is 6.04 Å². The zero-order chi connectivity index (χ0) is 8.27. The summed E-state index contributed by atoms with van der Waals surface area (Å²) in [6.45, 7) is 6.12. The number of nitrogens with one attached hydrogen (secondary N) is 1. The molecule has 2 nitrogen and oxygen atoms in total. The zero-order valence-corrected chi connectivity index (χ0v) is 7.18. The van der Waals surface area contributed by atoms with Crippen molar-refractivity contribution in [2.24, 2.45) is 0 Å². The van der Waals surface area contributed by atoms with Crippen LogP contribution in [0.5, 0.6) is 0 Å². The quantitative estimate of drug-likeness (QED) is 0.695. The molecule has 2 heteroatoms. The zero-order valence-electron chi connectivity index (χ0n) is 7.18. The van der Waals surface area contributed by atoms with E-state index in [2.05, 4.69) is 30.2 Å². The summed E-state index contributed by atoms with van der Waals surface area (Å²) in [5.41, 5.74) is 0.927. The highest BCUT2D eigenvalue weighted by atomic mass is 15.0. The van der Waals surface area contributed by atoms with Gasteiger partial charge in [0.15, 0.2) is 0 Å². The third kappa shape index (κ3) is 2.58. The molecule has 0 amide bonds. The molecule has 0 aliphatic heterocycles. The number of rotatable bonds is 2. The Kier molecular flexibility index (Phi) is 2.47. The van der Waals surface area contributed by atoms with E-state index >= 15 is 0 Å². The van der Waals surface area contributed by atoms with Crippen LogP contribution < -0.4 is 5.32 Å². The number of hydrogen-bond acceptors (Lipinski definition) is 2. The Labute approximate surface area is 67.7 Å². The highest BCUT2D eigenvalue weighted by Crippen LogP contribution is 2.04.